The van der Waals surface area contributed by atoms with E-state index in [9.17, 15) is 0 Å². The Balaban J connectivity index is 2.08. The number of hydrogen-bond acceptors (Lipinski definition) is 4. The third kappa shape index (κ3) is 0.884. The molecule has 2 aliphatic heterocycles. The quantitative estimate of drug-likeness (QED) is 0.633. The van der Waals surface area contributed by atoms with Gasteiger partial charge in [0.25, 0.3) is 0 Å². The lowest BCUT2D eigenvalue weighted by Gasteiger charge is -2.31. The van der Waals surface area contributed by atoms with E-state index in [1.807, 2.05) is 18.5 Å². The molecule has 0 fully saturated rings. The third-order valence-corrected chi connectivity index (χ3v) is 2.33. The van der Waals surface area contributed by atoms with Crippen LogP contribution in [0.5, 0.6) is 5.75 Å². The molecule has 1 unspecified atom stereocenters. The summed E-state index contributed by atoms with van der Waals surface area (Å²) in [4.78, 5) is 6.12. The molecule has 0 saturated heterocycles. The highest BCUT2D eigenvalue weighted by atomic mass is 16.5. The second-order valence-corrected chi connectivity index (χ2v) is 3.09. The monoisotopic (exact) mass is 175 g/mol. The van der Waals surface area contributed by atoms with Crippen molar-refractivity contribution < 1.29 is 4.74 Å². The fourth-order valence-corrected chi connectivity index (χ4v) is 1.68. The Morgan fingerprint density at radius 2 is 2.62 bits per heavy atom. The first kappa shape index (κ1) is 6.77. The van der Waals surface area contributed by atoms with Crippen LogP contribution in [-0.4, -0.2) is 16.6 Å². The Morgan fingerprint density at radius 3 is 3.62 bits per heavy atom. The van der Waals surface area contributed by atoms with E-state index in [2.05, 4.69) is 15.2 Å². The summed E-state index contributed by atoms with van der Waals surface area (Å²) in [6.07, 6.45) is 7.70. The van der Waals surface area contributed by atoms with E-state index in [0.29, 0.717) is 6.73 Å². The number of hydrogen-bond donors (Lipinski definition) is 1. The average molecular weight is 175 g/mol. The van der Waals surface area contributed by atoms with Crippen LogP contribution in [0.15, 0.2) is 30.9 Å². The molecule has 3 heterocycles. The molecule has 0 aliphatic carbocycles. The predicted molar refractivity (Wildman–Crippen MR) is 46.6 cm³/mol. The van der Waals surface area contributed by atoms with Crippen molar-refractivity contribution in [2.45, 2.75) is 6.17 Å². The Labute approximate surface area is 75.8 Å². The zero-order valence-corrected chi connectivity index (χ0v) is 6.97. The van der Waals surface area contributed by atoms with Crippen LogP contribution in [0, 0.1) is 0 Å². The number of pyridine rings is 1. The standard InChI is InChI=1S/C9H9N3O/c1-2-10-5-8-7(1)9-11-3-4-12(9)6-13-8/h1-5,9,11H,6H2. The topological polar surface area (TPSA) is 37.4 Å². The molecule has 0 saturated carbocycles. The largest absolute Gasteiger partial charge is 0.471 e. The number of ether oxygens (including phenoxy) is 1. The smallest absolute Gasteiger partial charge is 0.163 e. The Morgan fingerprint density at radius 1 is 1.62 bits per heavy atom. The van der Waals surface area contributed by atoms with Crippen LogP contribution in [0.3, 0.4) is 0 Å². The molecule has 3 rings (SSSR count). The van der Waals surface area contributed by atoms with Crippen LogP contribution in [0.25, 0.3) is 0 Å². The van der Waals surface area contributed by atoms with E-state index < -0.39 is 0 Å². The van der Waals surface area contributed by atoms with Gasteiger partial charge in [-0.05, 0) is 6.07 Å². The van der Waals surface area contributed by atoms with E-state index in [1.54, 1.807) is 12.4 Å². The molecule has 0 spiro atoms. The van der Waals surface area contributed by atoms with Gasteiger partial charge in [0.15, 0.2) is 6.73 Å². The van der Waals surface area contributed by atoms with E-state index in [1.165, 1.54) is 0 Å². The highest BCUT2D eigenvalue weighted by molar-refractivity contribution is 5.35. The van der Waals surface area contributed by atoms with E-state index in [4.69, 9.17) is 4.74 Å². The normalized spacial score (nSPS) is 23.1. The van der Waals surface area contributed by atoms with Gasteiger partial charge in [-0.25, -0.2) is 0 Å². The minimum absolute atomic E-state index is 0.228. The first-order valence-electron chi connectivity index (χ1n) is 4.20. The molecule has 4 nitrogen and oxygen atoms in total. The number of nitrogens with zero attached hydrogens (tertiary/aromatic N) is 2. The molecular formula is C9H9N3O. The van der Waals surface area contributed by atoms with Gasteiger partial charge < -0.3 is 15.0 Å². The summed E-state index contributed by atoms with van der Waals surface area (Å²) in [5.41, 5.74) is 1.14. The second-order valence-electron chi connectivity index (χ2n) is 3.09. The number of aromatic nitrogens is 1. The molecule has 0 amide bonds. The summed E-state index contributed by atoms with van der Waals surface area (Å²) < 4.78 is 5.51. The van der Waals surface area contributed by atoms with Crippen LogP contribution in [0.1, 0.15) is 11.7 Å². The van der Waals surface area contributed by atoms with Gasteiger partial charge in [-0.1, -0.05) is 0 Å². The molecular weight excluding hydrogens is 166 g/mol. The van der Waals surface area contributed by atoms with Crippen molar-refractivity contribution in [1.82, 2.24) is 15.2 Å². The van der Waals surface area contributed by atoms with Crippen molar-refractivity contribution >= 4 is 0 Å². The van der Waals surface area contributed by atoms with Crippen LogP contribution in [0.2, 0.25) is 0 Å². The maximum absolute atomic E-state index is 5.51. The average Bonchev–Trinajstić information content (AvgIpc) is 2.65. The van der Waals surface area contributed by atoms with Gasteiger partial charge in [-0.2, -0.15) is 0 Å². The van der Waals surface area contributed by atoms with Gasteiger partial charge in [0.2, 0.25) is 0 Å². The van der Waals surface area contributed by atoms with Gasteiger partial charge in [-0.3, -0.25) is 4.98 Å². The van der Waals surface area contributed by atoms with Crippen LogP contribution in [-0.2, 0) is 0 Å². The molecule has 1 aromatic heterocycles. The first-order chi connectivity index (χ1) is 6.45. The Hall–Kier alpha value is -1.71. The molecule has 0 bridgehead atoms. The SMILES string of the molecule is C1=CN2COc3cnccc3C2N1. The minimum Gasteiger partial charge on any atom is -0.471 e. The zero-order chi connectivity index (χ0) is 8.67. The molecule has 1 N–H and O–H groups in total. The van der Waals surface area contributed by atoms with Crippen LogP contribution >= 0.6 is 0 Å². The highest BCUT2D eigenvalue weighted by Crippen LogP contribution is 2.33. The lowest BCUT2D eigenvalue weighted by atomic mass is 10.1. The van der Waals surface area contributed by atoms with E-state index in [0.717, 1.165) is 11.3 Å². The van der Waals surface area contributed by atoms with Gasteiger partial charge in [-0.15, -0.1) is 0 Å². The first-order valence-corrected chi connectivity index (χ1v) is 4.20. The molecule has 1 atom stereocenters. The Kier molecular flexibility index (Phi) is 1.24. The van der Waals surface area contributed by atoms with Crippen molar-refractivity contribution in [1.29, 1.82) is 0 Å². The summed E-state index contributed by atoms with van der Waals surface area (Å²) in [6, 6.07) is 1.98. The van der Waals surface area contributed by atoms with E-state index >= 15 is 0 Å². The van der Waals surface area contributed by atoms with Crippen LogP contribution < -0.4 is 10.1 Å². The second kappa shape index (κ2) is 2.39. The lowest BCUT2D eigenvalue weighted by Crippen LogP contribution is -2.34. The number of rotatable bonds is 0. The summed E-state index contributed by atoms with van der Waals surface area (Å²) >= 11 is 0. The van der Waals surface area contributed by atoms with Crippen molar-refractivity contribution in [3.05, 3.63) is 36.4 Å². The summed E-state index contributed by atoms with van der Waals surface area (Å²) in [6.45, 7) is 0.590. The van der Waals surface area contributed by atoms with Crippen molar-refractivity contribution in [2.75, 3.05) is 6.73 Å². The predicted octanol–water partition coefficient (Wildman–Crippen LogP) is 0.806. The number of fused-ring (bicyclic) bond motifs is 3. The molecule has 0 radical (unpaired) electrons. The fourth-order valence-electron chi connectivity index (χ4n) is 1.68. The van der Waals surface area contributed by atoms with Crippen LogP contribution in [0.4, 0.5) is 0 Å². The molecule has 13 heavy (non-hydrogen) atoms. The number of nitrogens with one attached hydrogen (secondary N) is 1. The summed E-state index contributed by atoms with van der Waals surface area (Å²) in [5.74, 6) is 0.875. The van der Waals surface area contributed by atoms with E-state index in [-0.39, 0.29) is 6.17 Å². The zero-order valence-electron chi connectivity index (χ0n) is 6.97. The maximum atomic E-state index is 5.51. The molecule has 0 aromatic carbocycles. The lowest BCUT2D eigenvalue weighted by molar-refractivity contribution is 0.105. The molecule has 66 valence electrons. The van der Waals surface area contributed by atoms with Gasteiger partial charge >= 0.3 is 0 Å². The summed E-state index contributed by atoms with van der Waals surface area (Å²) in [7, 11) is 0. The highest BCUT2D eigenvalue weighted by Gasteiger charge is 2.28. The minimum atomic E-state index is 0.228. The summed E-state index contributed by atoms with van der Waals surface area (Å²) in [5, 5.41) is 3.25. The molecule has 2 aliphatic rings. The van der Waals surface area contributed by atoms with Crippen molar-refractivity contribution in [3.63, 3.8) is 0 Å². The van der Waals surface area contributed by atoms with Gasteiger partial charge in [0, 0.05) is 24.2 Å². The van der Waals surface area contributed by atoms with Gasteiger partial charge in [0.05, 0.1) is 6.20 Å². The fraction of sp³-hybridized carbons (Fsp3) is 0.222. The maximum Gasteiger partial charge on any atom is 0.163 e. The molecule has 4 heteroatoms. The van der Waals surface area contributed by atoms with Gasteiger partial charge in [0.1, 0.15) is 11.9 Å². The Bertz CT molecular complexity index is 364. The van der Waals surface area contributed by atoms with Crippen molar-refractivity contribution in [3.8, 4) is 5.75 Å². The molecule has 1 aromatic rings. The van der Waals surface area contributed by atoms with Crippen molar-refractivity contribution in [2.24, 2.45) is 0 Å². The third-order valence-electron chi connectivity index (χ3n) is 2.33.